The molecule has 3 aromatic rings. The summed E-state index contributed by atoms with van der Waals surface area (Å²) in [6.45, 7) is 0.507. The number of rotatable bonds is 3. The molecule has 0 unspecified atom stereocenters. The van der Waals surface area contributed by atoms with E-state index in [-0.39, 0.29) is 17.9 Å². The molecule has 0 atom stereocenters. The summed E-state index contributed by atoms with van der Waals surface area (Å²) in [5.74, 6) is -0.335. The number of halogens is 1. The Morgan fingerprint density at radius 1 is 1.10 bits per heavy atom. The zero-order valence-corrected chi connectivity index (χ0v) is 11.4. The van der Waals surface area contributed by atoms with Crippen LogP contribution >= 0.6 is 0 Å². The molecule has 4 heteroatoms. The largest absolute Gasteiger partial charge is 0.326 e. The molecule has 0 bridgehead atoms. The molecule has 106 valence electrons. The number of aromatic nitrogens is 1. The maximum absolute atomic E-state index is 14.0. The van der Waals surface area contributed by atoms with Crippen LogP contribution in [0.3, 0.4) is 0 Å². The van der Waals surface area contributed by atoms with Crippen molar-refractivity contribution in [1.82, 2.24) is 4.57 Å². The number of nitrogens with two attached hydrogens (primary N) is 1. The van der Waals surface area contributed by atoms with Gasteiger partial charge in [0, 0.05) is 23.7 Å². The van der Waals surface area contributed by atoms with Gasteiger partial charge in [0.1, 0.15) is 5.82 Å². The van der Waals surface area contributed by atoms with Crippen molar-refractivity contribution < 1.29 is 4.39 Å². The van der Waals surface area contributed by atoms with Gasteiger partial charge in [-0.3, -0.25) is 4.79 Å². The van der Waals surface area contributed by atoms with Gasteiger partial charge < -0.3 is 10.3 Å². The number of benzene rings is 2. The first-order chi connectivity index (χ1) is 10.2. The van der Waals surface area contributed by atoms with Gasteiger partial charge in [-0.2, -0.15) is 0 Å². The summed E-state index contributed by atoms with van der Waals surface area (Å²) >= 11 is 0. The van der Waals surface area contributed by atoms with Crippen LogP contribution in [0.15, 0.2) is 59.5 Å². The van der Waals surface area contributed by atoms with Gasteiger partial charge in [-0.15, -0.1) is 0 Å². The summed E-state index contributed by atoms with van der Waals surface area (Å²) in [6.07, 6.45) is 1.70. The maximum atomic E-state index is 14.0. The lowest BCUT2D eigenvalue weighted by Crippen LogP contribution is -2.20. The predicted molar refractivity (Wildman–Crippen MR) is 81.6 cm³/mol. The van der Waals surface area contributed by atoms with E-state index in [2.05, 4.69) is 0 Å². The van der Waals surface area contributed by atoms with E-state index in [0.717, 1.165) is 10.9 Å². The SMILES string of the molecule is NCc1ccc(Cn2ccc3ccccc3c2=O)c(F)c1. The molecule has 0 fully saturated rings. The molecule has 1 heterocycles. The van der Waals surface area contributed by atoms with E-state index in [1.165, 1.54) is 10.6 Å². The van der Waals surface area contributed by atoms with E-state index in [4.69, 9.17) is 5.73 Å². The predicted octanol–water partition coefficient (Wildman–Crippen LogP) is 2.65. The molecule has 1 aromatic heterocycles. The van der Waals surface area contributed by atoms with Gasteiger partial charge in [-0.25, -0.2) is 4.39 Å². The highest BCUT2D eigenvalue weighted by Crippen LogP contribution is 2.13. The molecule has 0 radical (unpaired) electrons. The van der Waals surface area contributed by atoms with Crippen molar-refractivity contribution >= 4 is 10.8 Å². The number of hydrogen-bond acceptors (Lipinski definition) is 2. The fraction of sp³-hybridized carbons (Fsp3) is 0.118. The summed E-state index contributed by atoms with van der Waals surface area (Å²) in [5.41, 5.74) is 6.58. The zero-order valence-electron chi connectivity index (χ0n) is 11.4. The Morgan fingerprint density at radius 3 is 2.67 bits per heavy atom. The molecule has 0 aliphatic rings. The molecule has 0 amide bonds. The number of nitrogens with zero attached hydrogens (tertiary/aromatic N) is 1. The lowest BCUT2D eigenvalue weighted by molar-refractivity contribution is 0.595. The van der Waals surface area contributed by atoms with Crippen LogP contribution in [0.2, 0.25) is 0 Å². The second-order valence-corrected chi connectivity index (χ2v) is 4.97. The average molecular weight is 282 g/mol. The van der Waals surface area contributed by atoms with Gasteiger partial charge >= 0.3 is 0 Å². The van der Waals surface area contributed by atoms with E-state index >= 15 is 0 Å². The van der Waals surface area contributed by atoms with Crippen molar-refractivity contribution in [3.8, 4) is 0 Å². The summed E-state index contributed by atoms with van der Waals surface area (Å²) in [5, 5.41) is 1.52. The van der Waals surface area contributed by atoms with Gasteiger partial charge in [0.05, 0.1) is 6.54 Å². The minimum absolute atomic E-state index is 0.115. The number of pyridine rings is 1. The van der Waals surface area contributed by atoms with Crippen LogP contribution in [0.1, 0.15) is 11.1 Å². The average Bonchev–Trinajstić information content (AvgIpc) is 2.52. The van der Waals surface area contributed by atoms with Crippen molar-refractivity contribution in [1.29, 1.82) is 0 Å². The Kier molecular flexibility index (Phi) is 3.54. The van der Waals surface area contributed by atoms with Crippen molar-refractivity contribution in [3.63, 3.8) is 0 Å². The highest BCUT2D eigenvalue weighted by atomic mass is 19.1. The van der Waals surface area contributed by atoms with Crippen molar-refractivity contribution in [3.05, 3.63) is 82.0 Å². The molecule has 0 saturated carbocycles. The van der Waals surface area contributed by atoms with Crippen LogP contribution in [0, 0.1) is 5.82 Å². The van der Waals surface area contributed by atoms with Crippen molar-refractivity contribution in [2.24, 2.45) is 5.73 Å². The van der Waals surface area contributed by atoms with Crippen LogP contribution in [-0.2, 0) is 13.1 Å². The molecular formula is C17H15FN2O. The van der Waals surface area contributed by atoms with Gasteiger partial charge in [0.15, 0.2) is 0 Å². The van der Waals surface area contributed by atoms with Gasteiger partial charge in [0.25, 0.3) is 5.56 Å². The highest BCUT2D eigenvalue weighted by molar-refractivity contribution is 5.81. The third-order valence-corrected chi connectivity index (χ3v) is 3.58. The minimum Gasteiger partial charge on any atom is -0.326 e. The van der Waals surface area contributed by atoms with E-state index in [0.29, 0.717) is 17.5 Å². The summed E-state index contributed by atoms with van der Waals surface area (Å²) in [6, 6.07) is 14.1. The minimum atomic E-state index is -0.335. The van der Waals surface area contributed by atoms with Crippen molar-refractivity contribution in [2.45, 2.75) is 13.1 Å². The van der Waals surface area contributed by atoms with Gasteiger partial charge in [-0.05, 0) is 29.1 Å². The zero-order chi connectivity index (χ0) is 14.8. The van der Waals surface area contributed by atoms with E-state index < -0.39 is 0 Å². The molecular weight excluding hydrogens is 267 g/mol. The summed E-state index contributed by atoms with van der Waals surface area (Å²) in [4.78, 5) is 12.4. The van der Waals surface area contributed by atoms with Gasteiger partial charge in [0.2, 0.25) is 0 Å². The molecule has 0 saturated heterocycles. The first-order valence-electron chi connectivity index (χ1n) is 6.74. The second kappa shape index (κ2) is 5.50. The Hall–Kier alpha value is -2.46. The first kappa shape index (κ1) is 13.5. The Bertz CT molecular complexity index is 855. The highest BCUT2D eigenvalue weighted by Gasteiger charge is 2.07. The molecule has 0 spiro atoms. The maximum Gasteiger partial charge on any atom is 0.258 e. The summed E-state index contributed by atoms with van der Waals surface area (Å²) < 4.78 is 15.5. The van der Waals surface area contributed by atoms with Crippen LogP contribution in [0.5, 0.6) is 0 Å². The molecule has 2 N–H and O–H groups in total. The second-order valence-electron chi connectivity index (χ2n) is 4.97. The molecule has 3 rings (SSSR count). The fourth-order valence-electron chi connectivity index (χ4n) is 2.38. The number of hydrogen-bond donors (Lipinski definition) is 1. The Balaban J connectivity index is 2.02. The van der Waals surface area contributed by atoms with Crippen LogP contribution < -0.4 is 11.3 Å². The van der Waals surface area contributed by atoms with Crippen LogP contribution in [-0.4, -0.2) is 4.57 Å². The topological polar surface area (TPSA) is 48.0 Å². The Morgan fingerprint density at radius 2 is 1.90 bits per heavy atom. The monoisotopic (exact) mass is 282 g/mol. The van der Waals surface area contributed by atoms with E-state index in [1.807, 2.05) is 24.3 Å². The summed E-state index contributed by atoms with van der Waals surface area (Å²) in [7, 11) is 0. The molecule has 2 aromatic carbocycles. The van der Waals surface area contributed by atoms with Crippen LogP contribution in [0.4, 0.5) is 4.39 Å². The van der Waals surface area contributed by atoms with E-state index in [9.17, 15) is 9.18 Å². The fourth-order valence-corrected chi connectivity index (χ4v) is 2.38. The number of fused-ring (bicyclic) bond motifs is 1. The smallest absolute Gasteiger partial charge is 0.258 e. The molecule has 21 heavy (non-hydrogen) atoms. The standard InChI is InChI=1S/C17H15FN2O/c18-16-9-12(10-19)5-6-14(16)11-20-8-7-13-3-1-2-4-15(13)17(20)21/h1-9H,10-11,19H2. The first-order valence-corrected chi connectivity index (χ1v) is 6.74. The molecule has 0 aliphatic carbocycles. The normalized spacial score (nSPS) is 11.0. The van der Waals surface area contributed by atoms with Gasteiger partial charge in [-0.1, -0.05) is 30.3 Å². The Labute approximate surface area is 121 Å². The van der Waals surface area contributed by atoms with Crippen molar-refractivity contribution in [2.75, 3.05) is 0 Å². The molecule has 0 aliphatic heterocycles. The van der Waals surface area contributed by atoms with Crippen LogP contribution in [0.25, 0.3) is 10.8 Å². The third-order valence-electron chi connectivity index (χ3n) is 3.58. The lowest BCUT2D eigenvalue weighted by Gasteiger charge is -2.09. The third kappa shape index (κ3) is 2.58. The van der Waals surface area contributed by atoms with E-state index in [1.54, 1.807) is 24.4 Å². The quantitative estimate of drug-likeness (QED) is 0.803. The molecule has 3 nitrogen and oxygen atoms in total. The lowest BCUT2D eigenvalue weighted by atomic mass is 10.1.